The number of hydrogen-bond donors (Lipinski definition) is 1. The van der Waals surface area contributed by atoms with Crippen LogP contribution in [0, 0.1) is 0 Å². The second-order valence-electron chi connectivity index (χ2n) is 6.30. The Hall–Kier alpha value is -1.59. The lowest BCUT2D eigenvalue weighted by atomic mass is 10.1. The maximum atomic E-state index is 12.1. The van der Waals surface area contributed by atoms with Crippen LogP contribution in [0.4, 0.5) is 0 Å². The molecule has 0 aromatic carbocycles. The van der Waals surface area contributed by atoms with Crippen LogP contribution in [0.2, 0.25) is 0 Å². The van der Waals surface area contributed by atoms with Gasteiger partial charge in [-0.3, -0.25) is 9.59 Å². The fraction of sp³-hybridized carbons (Fsp3) is 0.842. The molecule has 6 heteroatoms. The highest BCUT2D eigenvalue weighted by Crippen LogP contribution is 2.06. The Morgan fingerprint density at radius 1 is 0.840 bits per heavy atom. The largest absolute Gasteiger partial charge is 0.466 e. The van der Waals surface area contributed by atoms with Crippen molar-refractivity contribution in [2.24, 2.45) is 0 Å². The molecule has 1 N–H and O–H groups in total. The number of carbonyl (C=O) groups excluding carboxylic acids is 3. The Bertz CT molecular complexity index is 384. The Morgan fingerprint density at radius 3 is 1.92 bits per heavy atom. The van der Waals surface area contributed by atoms with Crippen LogP contribution < -0.4 is 5.32 Å². The lowest BCUT2D eigenvalue weighted by Crippen LogP contribution is -2.41. The predicted molar refractivity (Wildman–Crippen MR) is 97.0 cm³/mol. The zero-order valence-electron chi connectivity index (χ0n) is 16.1. The second-order valence-corrected chi connectivity index (χ2v) is 6.30. The molecule has 0 aliphatic carbocycles. The molecule has 0 aliphatic rings. The van der Waals surface area contributed by atoms with E-state index in [1.165, 1.54) is 6.92 Å². The van der Waals surface area contributed by atoms with Crippen molar-refractivity contribution in [3.05, 3.63) is 0 Å². The Kier molecular flexibility index (Phi) is 14.9. The number of carbonyl (C=O) groups is 3. The van der Waals surface area contributed by atoms with Crippen molar-refractivity contribution in [1.82, 2.24) is 5.32 Å². The SMILES string of the molecule is CCCCCCOC(=O)CC[C@H](NC(C)=O)C(=O)OCCCCCC. The first-order chi connectivity index (χ1) is 12.0. The van der Waals surface area contributed by atoms with Crippen molar-refractivity contribution >= 4 is 17.8 Å². The van der Waals surface area contributed by atoms with Gasteiger partial charge in [-0.25, -0.2) is 4.79 Å². The average Bonchev–Trinajstić information content (AvgIpc) is 2.57. The molecule has 25 heavy (non-hydrogen) atoms. The van der Waals surface area contributed by atoms with E-state index >= 15 is 0 Å². The van der Waals surface area contributed by atoms with E-state index in [-0.39, 0.29) is 24.7 Å². The van der Waals surface area contributed by atoms with E-state index in [1.807, 2.05) is 0 Å². The van der Waals surface area contributed by atoms with Crippen molar-refractivity contribution in [2.75, 3.05) is 13.2 Å². The van der Waals surface area contributed by atoms with Gasteiger partial charge in [0.15, 0.2) is 0 Å². The van der Waals surface area contributed by atoms with E-state index in [0.29, 0.717) is 13.2 Å². The first kappa shape index (κ1) is 23.4. The average molecular weight is 357 g/mol. The molecule has 0 heterocycles. The third kappa shape index (κ3) is 14.5. The fourth-order valence-corrected chi connectivity index (χ4v) is 2.35. The number of amides is 1. The molecule has 0 aromatic rings. The van der Waals surface area contributed by atoms with Gasteiger partial charge in [0, 0.05) is 13.3 Å². The summed E-state index contributed by atoms with van der Waals surface area (Å²) in [5.41, 5.74) is 0. The summed E-state index contributed by atoms with van der Waals surface area (Å²) in [5.74, 6) is -1.15. The molecule has 0 aromatic heterocycles. The van der Waals surface area contributed by atoms with Crippen LogP contribution in [0.5, 0.6) is 0 Å². The summed E-state index contributed by atoms with van der Waals surface area (Å²) < 4.78 is 10.3. The lowest BCUT2D eigenvalue weighted by Gasteiger charge is -2.16. The maximum Gasteiger partial charge on any atom is 0.328 e. The minimum atomic E-state index is -0.795. The number of rotatable bonds is 15. The van der Waals surface area contributed by atoms with Crippen LogP contribution in [0.1, 0.15) is 85.0 Å². The number of nitrogens with one attached hydrogen (secondary N) is 1. The van der Waals surface area contributed by atoms with E-state index in [2.05, 4.69) is 19.2 Å². The summed E-state index contributed by atoms with van der Waals surface area (Å²) in [7, 11) is 0. The summed E-state index contributed by atoms with van der Waals surface area (Å²) in [6.07, 6.45) is 8.49. The summed E-state index contributed by atoms with van der Waals surface area (Å²) in [6.45, 7) is 6.33. The quantitative estimate of drug-likeness (QED) is 0.358. The van der Waals surface area contributed by atoms with E-state index in [9.17, 15) is 14.4 Å². The first-order valence-corrected chi connectivity index (χ1v) is 9.60. The smallest absolute Gasteiger partial charge is 0.328 e. The van der Waals surface area contributed by atoms with Crippen LogP contribution in [-0.4, -0.2) is 37.1 Å². The highest BCUT2D eigenvalue weighted by atomic mass is 16.5. The molecule has 146 valence electrons. The molecular formula is C19H35NO5. The Labute approximate surface area is 152 Å². The molecule has 0 aliphatic heterocycles. The Balaban J connectivity index is 4.09. The molecule has 0 radical (unpaired) electrons. The second kappa shape index (κ2) is 15.9. The third-order valence-corrected chi connectivity index (χ3v) is 3.80. The van der Waals surface area contributed by atoms with Crippen molar-refractivity contribution in [3.8, 4) is 0 Å². The minimum absolute atomic E-state index is 0.0870. The molecule has 1 atom stereocenters. The zero-order valence-corrected chi connectivity index (χ0v) is 16.1. The molecule has 1 amide bonds. The number of ether oxygens (including phenoxy) is 2. The predicted octanol–water partition coefficient (Wildman–Crippen LogP) is 3.52. The number of hydrogen-bond acceptors (Lipinski definition) is 5. The van der Waals surface area contributed by atoms with Gasteiger partial charge in [-0.05, 0) is 19.3 Å². The van der Waals surface area contributed by atoms with Crippen LogP contribution in [0.25, 0.3) is 0 Å². The number of unbranched alkanes of at least 4 members (excludes halogenated alkanes) is 6. The van der Waals surface area contributed by atoms with Gasteiger partial charge in [0.2, 0.25) is 5.91 Å². The standard InChI is InChI=1S/C19H35NO5/c1-4-6-8-10-14-24-18(22)13-12-17(20-16(3)21)19(23)25-15-11-9-7-5-2/h17H,4-15H2,1-3H3,(H,20,21)/t17-/m0/s1. The summed E-state index contributed by atoms with van der Waals surface area (Å²) in [5, 5.41) is 2.55. The van der Waals surface area contributed by atoms with Gasteiger partial charge in [0.25, 0.3) is 0 Å². The summed E-state index contributed by atoms with van der Waals surface area (Å²) in [4.78, 5) is 35.1. The highest BCUT2D eigenvalue weighted by Gasteiger charge is 2.22. The summed E-state index contributed by atoms with van der Waals surface area (Å²) in [6, 6.07) is -0.795. The fourth-order valence-electron chi connectivity index (χ4n) is 2.35. The first-order valence-electron chi connectivity index (χ1n) is 9.60. The van der Waals surface area contributed by atoms with E-state index in [4.69, 9.17) is 9.47 Å². The summed E-state index contributed by atoms with van der Waals surface area (Å²) >= 11 is 0. The molecule has 6 nitrogen and oxygen atoms in total. The van der Waals surface area contributed by atoms with Crippen LogP contribution in [0.15, 0.2) is 0 Å². The van der Waals surface area contributed by atoms with Gasteiger partial charge in [-0.1, -0.05) is 52.4 Å². The van der Waals surface area contributed by atoms with Gasteiger partial charge < -0.3 is 14.8 Å². The van der Waals surface area contributed by atoms with Gasteiger partial charge in [-0.15, -0.1) is 0 Å². The van der Waals surface area contributed by atoms with Crippen molar-refractivity contribution in [1.29, 1.82) is 0 Å². The van der Waals surface area contributed by atoms with Crippen molar-refractivity contribution in [2.45, 2.75) is 91.0 Å². The van der Waals surface area contributed by atoms with Crippen LogP contribution in [-0.2, 0) is 23.9 Å². The van der Waals surface area contributed by atoms with Gasteiger partial charge in [0.05, 0.1) is 13.2 Å². The molecule has 0 bridgehead atoms. The molecular weight excluding hydrogens is 322 g/mol. The van der Waals surface area contributed by atoms with Crippen LogP contribution in [0.3, 0.4) is 0 Å². The van der Waals surface area contributed by atoms with E-state index in [0.717, 1.165) is 51.4 Å². The zero-order chi connectivity index (χ0) is 18.9. The molecule has 0 saturated heterocycles. The van der Waals surface area contributed by atoms with Gasteiger partial charge >= 0.3 is 11.9 Å². The minimum Gasteiger partial charge on any atom is -0.466 e. The van der Waals surface area contributed by atoms with Gasteiger partial charge in [0.1, 0.15) is 6.04 Å². The molecule has 0 saturated carbocycles. The topological polar surface area (TPSA) is 81.7 Å². The van der Waals surface area contributed by atoms with Crippen molar-refractivity contribution in [3.63, 3.8) is 0 Å². The third-order valence-electron chi connectivity index (χ3n) is 3.80. The maximum absolute atomic E-state index is 12.1. The molecule has 0 unspecified atom stereocenters. The van der Waals surface area contributed by atoms with Gasteiger partial charge in [-0.2, -0.15) is 0 Å². The molecule has 0 fully saturated rings. The monoisotopic (exact) mass is 357 g/mol. The highest BCUT2D eigenvalue weighted by molar-refractivity contribution is 5.83. The normalized spacial score (nSPS) is 11.6. The molecule has 0 spiro atoms. The number of esters is 2. The molecule has 0 rings (SSSR count). The van der Waals surface area contributed by atoms with E-state index in [1.54, 1.807) is 0 Å². The van der Waals surface area contributed by atoms with Crippen LogP contribution >= 0.6 is 0 Å². The lowest BCUT2D eigenvalue weighted by molar-refractivity contribution is -0.149. The van der Waals surface area contributed by atoms with E-state index < -0.39 is 12.0 Å². The Morgan fingerprint density at radius 2 is 1.40 bits per heavy atom. The van der Waals surface area contributed by atoms with Crippen molar-refractivity contribution < 1.29 is 23.9 Å².